The Hall–Kier alpha value is -2.38. The van der Waals surface area contributed by atoms with Crippen LogP contribution < -0.4 is 11.2 Å². The number of alkyl halides is 3. The van der Waals surface area contributed by atoms with Gasteiger partial charge in [0.1, 0.15) is 6.29 Å². The van der Waals surface area contributed by atoms with Gasteiger partial charge in [0.25, 0.3) is 5.56 Å². The van der Waals surface area contributed by atoms with Gasteiger partial charge in [0.05, 0.1) is 23.0 Å². The summed E-state index contributed by atoms with van der Waals surface area (Å²) in [6.07, 6.45) is -4.19. The van der Waals surface area contributed by atoms with Crippen LogP contribution in [-0.4, -0.2) is 15.4 Å². The van der Waals surface area contributed by atoms with Crippen molar-refractivity contribution in [1.82, 2.24) is 9.13 Å². The van der Waals surface area contributed by atoms with Gasteiger partial charge in [-0.25, -0.2) is 4.79 Å². The van der Waals surface area contributed by atoms with Gasteiger partial charge in [-0.3, -0.25) is 13.9 Å². The summed E-state index contributed by atoms with van der Waals surface area (Å²) >= 11 is 0. The molecule has 106 valence electrons. The number of halogens is 3. The van der Waals surface area contributed by atoms with Crippen molar-refractivity contribution in [2.75, 3.05) is 0 Å². The fourth-order valence-corrected chi connectivity index (χ4v) is 1.92. The Morgan fingerprint density at radius 2 is 1.90 bits per heavy atom. The minimum atomic E-state index is -4.57. The van der Waals surface area contributed by atoms with Gasteiger partial charge >= 0.3 is 11.9 Å². The lowest BCUT2D eigenvalue weighted by Crippen LogP contribution is -2.39. The first-order chi connectivity index (χ1) is 9.27. The molecule has 0 aliphatic rings. The quantitative estimate of drug-likeness (QED) is 0.771. The largest absolute Gasteiger partial charge is 0.416 e. The zero-order valence-electron chi connectivity index (χ0n) is 10.3. The molecule has 0 atom stereocenters. The Kier molecular flexibility index (Phi) is 3.24. The number of carbonyl (C=O) groups is 1. The highest BCUT2D eigenvalue weighted by Crippen LogP contribution is 2.30. The Balaban J connectivity index is 2.90. The smallest absolute Gasteiger partial charge is 0.301 e. The van der Waals surface area contributed by atoms with Crippen molar-refractivity contribution in [3.8, 4) is 0 Å². The molecule has 0 saturated heterocycles. The molecule has 0 amide bonds. The molecular formula is C12H9F3N2O3. The third-order valence-electron chi connectivity index (χ3n) is 2.94. The second-order valence-corrected chi connectivity index (χ2v) is 4.15. The van der Waals surface area contributed by atoms with Crippen molar-refractivity contribution >= 4 is 17.2 Å². The molecule has 1 aromatic heterocycles. The lowest BCUT2D eigenvalue weighted by molar-refractivity contribution is -0.137. The van der Waals surface area contributed by atoms with Gasteiger partial charge in [-0.15, -0.1) is 0 Å². The molecule has 0 unspecified atom stereocenters. The van der Waals surface area contributed by atoms with E-state index in [1.165, 1.54) is 7.05 Å². The molecule has 0 radical (unpaired) electrons. The topological polar surface area (TPSA) is 61.1 Å². The average Bonchev–Trinajstić information content (AvgIpc) is 2.39. The highest BCUT2D eigenvalue weighted by atomic mass is 19.4. The van der Waals surface area contributed by atoms with Crippen molar-refractivity contribution in [2.45, 2.75) is 12.7 Å². The van der Waals surface area contributed by atoms with Crippen LogP contribution in [-0.2, 0) is 24.6 Å². The first-order valence-corrected chi connectivity index (χ1v) is 5.52. The zero-order valence-corrected chi connectivity index (χ0v) is 10.3. The molecule has 20 heavy (non-hydrogen) atoms. The van der Waals surface area contributed by atoms with Crippen molar-refractivity contribution in [1.29, 1.82) is 0 Å². The molecule has 0 fully saturated rings. The number of aryl methyl sites for hydroxylation is 1. The van der Waals surface area contributed by atoms with Gasteiger partial charge in [-0.2, -0.15) is 13.2 Å². The lowest BCUT2D eigenvalue weighted by Gasteiger charge is -2.11. The van der Waals surface area contributed by atoms with Crippen molar-refractivity contribution in [2.24, 2.45) is 7.05 Å². The van der Waals surface area contributed by atoms with E-state index >= 15 is 0 Å². The first kappa shape index (κ1) is 14.0. The van der Waals surface area contributed by atoms with E-state index in [0.717, 1.165) is 22.8 Å². The number of hydrogen-bond acceptors (Lipinski definition) is 3. The Morgan fingerprint density at radius 1 is 1.25 bits per heavy atom. The molecule has 0 saturated carbocycles. The van der Waals surface area contributed by atoms with Crippen LogP contribution in [0.2, 0.25) is 0 Å². The number of aldehydes is 1. The third-order valence-corrected chi connectivity index (χ3v) is 2.94. The fourth-order valence-electron chi connectivity index (χ4n) is 1.92. The molecule has 8 heteroatoms. The van der Waals surface area contributed by atoms with Gasteiger partial charge in [0.15, 0.2) is 0 Å². The number of aromatic nitrogens is 2. The van der Waals surface area contributed by atoms with Crippen LogP contribution >= 0.6 is 0 Å². The third kappa shape index (κ3) is 2.13. The molecule has 0 bridgehead atoms. The molecule has 1 heterocycles. The van der Waals surface area contributed by atoms with Crippen LogP contribution in [0.1, 0.15) is 5.56 Å². The van der Waals surface area contributed by atoms with Crippen molar-refractivity contribution in [3.63, 3.8) is 0 Å². The summed E-state index contributed by atoms with van der Waals surface area (Å²) in [5.74, 6) is 0. The second kappa shape index (κ2) is 4.62. The van der Waals surface area contributed by atoms with Gasteiger partial charge in [-0.05, 0) is 18.2 Å². The maximum atomic E-state index is 12.6. The molecule has 2 rings (SSSR count). The lowest BCUT2D eigenvalue weighted by atomic mass is 10.1. The van der Waals surface area contributed by atoms with E-state index in [2.05, 4.69) is 0 Å². The van der Waals surface area contributed by atoms with Crippen molar-refractivity contribution in [3.05, 3.63) is 44.6 Å². The molecule has 5 nitrogen and oxygen atoms in total. The Labute approximate surface area is 109 Å². The van der Waals surface area contributed by atoms with E-state index in [9.17, 15) is 27.6 Å². The van der Waals surface area contributed by atoms with Gasteiger partial charge in [0, 0.05) is 7.05 Å². The number of hydrogen-bond donors (Lipinski definition) is 0. The molecule has 0 spiro atoms. The van der Waals surface area contributed by atoms with E-state index in [-0.39, 0.29) is 10.9 Å². The molecule has 0 aliphatic carbocycles. The average molecular weight is 286 g/mol. The predicted octanol–water partition coefficient (Wildman–Crippen LogP) is 0.918. The normalized spacial score (nSPS) is 11.8. The summed E-state index contributed by atoms with van der Waals surface area (Å²) in [4.78, 5) is 34.3. The van der Waals surface area contributed by atoms with Gasteiger partial charge < -0.3 is 4.79 Å². The standard InChI is InChI=1S/C12H9F3N2O3/c1-16-9-6-7(12(13,14)15)2-3-8(9)10(19)17(4-5-18)11(16)20/h2-3,5-6H,4H2,1H3. The summed E-state index contributed by atoms with van der Waals surface area (Å²) in [6, 6.07) is 2.50. The Morgan fingerprint density at radius 3 is 2.45 bits per heavy atom. The predicted molar refractivity (Wildman–Crippen MR) is 64.5 cm³/mol. The number of nitrogens with zero attached hydrogens (tertiary/aromatic N) is 2. The van der Waals surface area contributed by atoms with E-state index < -0.39 is 29.5 Å². The minimum absolute atomic E-state index is 0.0537. The highest BCUT2D eigenvalue weighted by Gasteiger charge is 2.31. The molecule has 2 aromatic rings. The van der Waals surface area contributed by atoms with E-state index in [0.29, 0.717) is 10.9 Å². The SMILES string of the molecule is Cn1c(=O)n(CC=O)c(=O)c2ccc(C(F)(F)F)cc21. The minimum Gasteiger partial charge on any atom is -0.301 e. The molecule has 1 aromatic carbocycles. The second-order valence-electron chi connectivity index (χ2n) is 4.15. The summed E-state index contributed by atoms with van der Waals surface area (Å²) in [5.41, 5.74) is -2.71. The maximum absolute atomic E-state index is 12.6. The maximum Gasteiger partial charge on any atom is 0.416 e. The first-order valence-electron chi connectivity index (χ1n) is 5.52. The Bertz CT molecular complexity index is 802. The summed E-state index contributed by atoms with van der Waals surface area (Å²) < 4.78 is 39.5. The molecule has 0 aliphatic heterocycles. The number of benzene rings is 1. The van der Waals surface area contributed by atoms with Crippen LogP contribution in [0, 0.1) is 0 Å². The molecule has 0 N–H and O–H groups in total. The van der Waals surface area contributed by atoms with E-state index in [1.54, 1.807) is 0 Å². The van der Waals surface area contributed by atoms with Crippen LogP contribution in [0.5, 0.6) is 0 Å². The zero-order chi connectivity index (χ0) is 15.1. The van der Waals surface area contributed by atoms with Crippen molar-refractivity contribution < 1.29 is 18.0 Å². The summed E-state index contributed by atoms with van der Waals surface area (Å²) in [6.45, 7) is -0.442. The summed E-state index contributed by atoms with van der Waals surface area (Å²) in [5, 5.41) is -0.0537. The van der Waals surface area contributed by atoms with E-state index in [1.807, 2.05) is 0 Å². The van der Waals surface area contributed by atoms with E-state index in [4.69, 9.17) is 0 Å². The van der Waals surface area contributed by atoms with Gasteiger partial charge in [-0.1, -0.05) is 0 Å². The fraction of sp³-hybridized carbons (Fsp3) is 0.250. The number of rotatable bonds is 2. The van der Waals surface area contributed by atoms with Gasteiger partial charge in [0.2, 0.25) is 0 Å². The van der Waals surface area contributed by atoms with Crippen LogP contribution in [0.15, 0.2) is 27.8 Å². The highest BCUT2D eigenvalue weighted by molar-refractivity contribution is 5.79. The summed E-state index contributed by atoms with van der Waals surface area (Å²) in [7, 11) is 1.24. The van der Waals surface area contributed by atoms with Crippen LogP contribution in [0.4, 0.5) is 13.2 Å². The van der Waals surface area contributed by atoms with Crippen LogP contribution in [0.25, 0.3) is 10.9 Å². The number of carbonyl (C=O) groups excluding carboxylic acids is 1. The van der Waals surface area contributed by atoms with Crippen LogP contribution in [0.3, 0.4) is 0 Å². The monoisotopic (exact) mass is 286 g/mol. The number of fused-ring (bicyclic) bond motifs is 1. The molecular weight excluding hydrogens is 277 g/mol.